The molecule has 0 unspecified atom stereocenters. The van der Waals surface area contributed by atoms with E-state index in [4.69, 9.17) is 9.84 Å². The third-order valence-electron chi connectivity index (χ3n) is 5.42. The number of aliphatic hydroxyl groups is 1. The van der Waals surface area contributed by atoms with Gasteiger partial charge in [0.1, 0.15) is 5.75 Å². The van der Waals surface area contributed by atoms with E-state index in [0.717, 1.165) is 18.4 Å². The zero-order valence-corrected chi connectivity index (χ0v) is 15.0. The lowest BCUT2D eigenvalue weighted by Gasteiger charge is -2.39. The van der Waals surface area contributed by atoms with Gasteiger partial charge in [-0.15, -0.1) is 0 Å². The van der Waals surface area contributed by atoms with Crippen molar-refractivity contribution in [3.05, 3.63) is 29.3 Å². The van der Waals surface area contributed by atoms with E-state index < -0.39 is 5.41 Å². The summed E-state index contributed by atoms with van der Waals surface area (Å²) in [7, 11) is 1.56. The van der Waals surface area contributed by atoms with Gasteiger partial charge >= 0.3 is 0 Å². The first-order valence-corrected chi connectivity index (χ1v) is 8.85. The Balaban J connectivity index is 1.78. The first-order valence-electron chi connectivity index (χ1n) is 8.85. The zero-order valence-electron chi connectivity index (χ0n) is 15.0. The monoisotopic (exact) mass is 346 g/mol. The third kappa shape index (κ3) is 3.23. The van der Waals surface area contributed by atoms with E-state index in [2.05, 4.69) is 0 Å². The van der Waals surface area contributed by atoms with Gasteiger partial charge in [-0.05, 0) is 43.9 Å². The molecule has 2 fully saturated rings. The number of amides is 2. The number of methoxy groups -OCH3 is 1. The summed E-state index contributed by atoms with van der Waals surface area (Å²) in [6.45, 7) is 4.03. The normalized spacial score (nSPS) is 23.4. The van der Waals surface area contributed by atoms with E-state index >= 15 is 0 Å². The van der Waals surface area contributed by atoms with Crippen molar-refractivity contribution < 1.29 is 19.4 Å². The summed E-state index contributed by atoms with van der Waals surface area (Å²) in [4.78, 5) is 29.3. The number of aliphatic hydroxyl groups excluding tert-OH is 1. The summed E-state index contributed by atoms with van der Waals surface area (Å²) >= 11 is 0. The van der Waals surface area contributed by atoms with Crippen LogP contribution in [0.25, 0.3) is 0 Å². The Morgan fingerprint density at radius 2 is 2.12 bits per heavy atom. The van der Waals surface area contributed by atoms with Crippen LogP contribution >= 0.6 is 0 Å². The number of carbonyl (C=O) groups is 2. The zero-order chi connectivity index (χ0) is 18.0. The SMILES string of the molecule is COc1cc(C)ccc1C(=O)N1CC[C@@]2(CCCN(CCO)C2=O)C1. The highest BCUT2D eigenvalue weighted by molar-refractivity contribution is 5.98. The van der Waals surface area contributed by atoms with Crippen LogP contribution in [0.3, 0.4) is 0 Å². The standard InChI is InChI=1S/C19H26N2O4/c1-14-4-5-15(16(12-14)25-2)17(23)21-9-7-19(13-21)6-3-8-20(10-11-22)18(19)24/h4-5,12,22H,3,6-11,13H2,1-2H3/t19-/m0/s1. The van der Waals surface area contributed by atoms with Gasteiger partial charge in [0.2, 0.25) is 5.91 Å². The molecule has 1 spiro atoms. The second-order valence-electron chi connectivity index (χ2n) is 7.08. The van der Waals surface area contributed by atoms with Crippen LogP contribution < -0.4 is 4.74 Å². The molecule has 6 heteroatoms. The summed E-state index contributed by atoms with van der Waals surface area (Å²) in [5.41, 5.74) is 1.09. The number of aryl methyl sites for hydroxylation is 1. The van der Waals surface area contributed by atoms with E-state index in [0.29, 0.717) is 43.9 Å². The fraction of sp³-hybridized carbons (Fsp3) is 0.579. The van der Waals surface area contributed by atoms with Gasteiger partial charge in [0.05, 0.1) is 24.7 Å². The minimum Gasteiger partial charge on any atom is -0.496 e. The minimum atomic E-state index is -0.485. The van der Waals surface area contributed by atoms with E-state index in [1.807, 2.05) is 19.1 Å². The van der Waals surface area contributed by atoms with Gasteiger partial charge in [-0.1, -0.05) is 6.07 Å². The van der Waals surface area contributed by atoms with Crippen molar-refractivity contribution in [3.63, 3.8) is 0 Å². The molecule has 1 N–H and O–H groups in total. The first-order chi connectivity index (χ1) is 12.0. The van der Waals surface area contributed by atoms with Crippen LogP contribution in [0, 0.1) is 12.3 Å². The quantitative estimate of drug-likeness (QED) is 0.896. The molecule has 25 heavy (non-hydrogen) atoms. The van der Waals surface area contributed by atoms with Gasteiger partial charge in [-0.2, -0.15) is 0 Å². The fourth-order valence-electron chi connectivity index (χ4n) is 4.06. The van der Waals surface area contributed by atoms with Gasteiger partial charge in [0, 0.05) is 26.2 Å². The summed E-state index contributed by atoms with van der Waals surface area (Å²) < 4.78 is 5.36. The molecule has 0 aliphatic carbocycles. The Kier molecular flexibility index (Phi) is 4.99. The van der Waals surface area contributed by atoms with Crippen LogP contribution in [0.5, 0.6) is 5.75 Å². The molecule has 6 nitrogen and oxygen atoms in total. The van der Waals surface area contributed by atoms with Crippen LogP contribution in [0.15, 0.2) is 18.2 Å². The number of hydrogen-bond donors (Lipinski definition) is 1. The number of carbonyl (C=O) groups excluding carboxylic acids is 2. The molecule has 3 rings (SSSR count). The van der Waals surface area contributed by atoms with Crippen molar-refractivity contribution in [2.45, 2.75) is 26.2 Å². The van der Waals surface area contributed by atoms with Gasteiger partial charge in [-0.3, -0.25) is 9.59 Å². The van der Waals surface area contributed by atoms with Crippen molar-refractivity contribution >= 4 is 11.8 Å². The summed E-state index contributed by atoms with van der Waals surface area (Å²) in [5.74, 6) is 0.572. The molecule has 0 radical (unpaired) electrons. The molecule has 136 valence electrons. The highest BCUT2D eigenvalue weighted by Gasteiger charge is 2.49. The van der Waals surface area contributed by atoms with Crippen molar-refractivity contribution in [1.82, 2.24) is 9.80 Å². The smallest absolute Gasteiger partial charge is 0.257 e. The predicted octanol–water partition coefficient (Wildman–Crippen LogP) is 1.45. The number of likely N-dealkylation sites (tertiary alicyclic amines) is 2. The molecule has 2 saturated heterocycles. The lowest BCUT2D eigenvalue weighted by molar-refractivity contribution is -0.146. The number of ether oxygens (including phenoxy) is 1. The number of nitrogens with zero attached hydrogens (tertiary/aromatic N) is 2. The molecule has 0 bridgehead atoms. The highest BCUT2D eigenvalue weighted by atomic mass is 16.5. The number of β-amino-alcohol motifs (C(OH)–C–C–N with tert-alkyl or cyclic N) is 1. The topological polar surface area (TPSA) is 70.1 Å². The largest absolute Gasteiger partial charge is 0.496 e. The lowest BCUT2D eigenvalue weighted by Crippen LogP contribution is -2.51. The molecule has 0 aromatic heterocycles. The van der Waals surface area contributed by atoms with Crippen molar-refractivity contribution in [3.8, 4) is 5.75 Å². The van der Waals surface area contributed by atoms with Crippen molar-refractivity contribution in [1.29, 1.82) is 0 Å². The average Bonchev–Trinajstić information content (AvgIpc) is 3.04. The summed E-state index contributed by atoms with van der Waals surface area (Å²) in [6, 6.07) is 5.55. The van der Waals surface area contributed by atoms with E-state index in [1.54, 1.807) is 23.0 Å². The predicted molar refractivity (Wildman–Crippen MR) is 93.6 cm³/mol. The van der Waals surface area contributed by atoms with Crippen LogP contribution in [0.2, 0.25) is 0 Å². The Labute approximate surface area is 148 Å². The van der Waals surface area contributed by atoms with Gasteiger partial charge in [0.15, 0.2) is 0 Å². The first kappa shape index (κ1) is 17.7. The van der Waals surface area contributed by atoms with Gasteiger partial charge in [-0.25, -0.2) is 0 Å². The van der Waals surface area contributed by atoms with Gasteiger partial charge in [0.25, 0.3) is 5.91 Å². The maximum Gasteiger partial charge on any atom is 0.257 e. The Bertz CT molecular complexity index is 673. The van der Waals surface area contributed by atoms with Crippen molar-refractivity contribution in [2.75, 3.05) is 39.9 Å². The Morgan fingerprint density at radius 1 is 1.32 bits per heavy atom. The van der Waals surface area contributed by atoms with Crippen LogP contribution in [0.4, 0.5) is 0 Å². The average molecular weight is 346 g/mol. The number of rotatable bonds is 4. The van der Waals surface area contributed by atoms with E-state index in [1.165, 1.54) is 0 Å². The second kappa shape index (κ2) is 7.04. The van der Waals surface area contributed by atoms with Gasteiger partial charge < -0.3 is 19.6 Å². The second-order valence-corrected chi connectivity index (χ2v) is 7.08. The molecule has 2 aliphatic heterocycles. The molecule has 1 atom stereocenters. The van der Waals surface area contributed by atoms with Crippen LogP contribution in [0.1, 0.15) is 35.2 Å². The van der Waals surface area contributed by atoms with Crippen LogP contribution in [-0.4, -0.2) is 66.6 Å². The maximum absolute atomic E-state index is 13.0. The molecule has 1 aromatic rings. The molecular formula is C19H26N2O4. The molecule has 2 heterocycles. The number of hydrogen-bond acceptors (Lipinski definition) is 4. The summed E-state index contributed by atoms with van der Waals surface area (Å²) in [5, 5.41) is 9.16. The van der Waals surface area contributed by atoms with Crippen molar-refractivity contribution in [2.24, 2.45) is 5.41 Å². The number of benzene rings is 1. The highest BCUT2D eigenvalue weighted by Crippen LogP contribution is 2.40. The molecule has 0 saturated carbocycles. The fourth-order valence-corrected chi connectivity index (χ4v) is 4.06. The maximum atomic E-state index is 13.0. The summed E-state index contributed by atoms with van der Waals surface area (Å²) in [6.07, 6.45) is 2.41. The molecular weight excluding hydrogens is 320 g/mol. The Morgan fingerprint density at radius 3 is 2.84 bits per heavy atom. The van der Waals surface area contributed by atoms with E-state index in [-0.39, 0.29) is 18.4 Å². The molecule has 1 aromatic carbocycles. The molecule has 2 amide bonds. The molecule has 2 aliphatic rings. The lowest BCUT2D eigenvalue weighted by atomic mass is 9.78. The number of piperidine rings is 1. The van der Waals surface area contributed by atoms with Crippen LogP contribution in [-0.2, 0) is 4.79 Å². The third-order valence-corrected chi connectivity index (χ3v) is 5.42. The van der Waals surface area contributed by atoms with E-state index in [9.17, 15) is 9.59 Å². The Hall–Kier alpha value is -2.08. The minimum absolute atomic E-state index is 0.0228.